The van der Waals surface area contributed by atoms with Crippen molar-refractivity contribution in [2.45, 2.75) is 11.4 Å². The Kier molecular flexibility index (Phi) is 5.31. The summed E-state index contributed by atoms with van der Waals surface area (Å²) in [5, 5.41) is 2.33. The zero-order valence-corrected chi connectivity index (χ0v) is 14.5. The molecule has 0 unspecified atom stereocenters. The second kappa shape index (κ2) is 7.62. The topological polar surface area (TPSA) is 16.1 Å². The largest absolute Gasteiger partial charge is 0.309 e. The van der Waals surface area contributed by atoms with Crippen molar-refractivity contribution in [2.75, 3.05) is 26.4 Å². The van der Waals surface area contributed by atoms with Gasteiger partial charge in [-0.25, -0.2) is 4.98 Å². The van der Waals surface area contributed by atoms with E-state index in [1.165, 1.54) is 22.9 Å². The van der Waals surface area contributed by atoms with Crippen LogP contribution in [-0.2, 0) is 0 Å². The summed E-state index contributed by atoms with van der Waals surface area (Å²) in [6, 6.07) is 21.2. The molecule has 0 aliphatic carbocycles. The molecule has 0 fully saturated rings. The fourth-order valence-electron chi connectivity index (χ4n) is 2.58. The number of fused-ring (bicyclic) bond motifs is 1. The summed E-state index contributed by atoms with van der Waals surface area (Å²) in [6.07, 6.45) is 1.17. The monoisotopic (exact) mass is 322 g/mol. The van der Waals surface area contributed by atoms with Gasteiger partial charge in [0.2, 0.25) is 0 Å². The Morgan fingerprint density at radius 2 is 1.70 bits per heavy atom. The molecule has 0 N–H and O–H groups in total. The van der Waals surface area contributed by atoms with Gasteiger partial charge in [-0.15, -0.1) is 11.8 Å². The van der Waals surface area contributed by atoms with E-state index in [0.29, 0.717) is 0 Å². The maximum atomic E-state index is 4.92. The summed E-state index contributed by atoms with van der Waals surface area (Å²) >= 11 is 1.86. The van der Waals surface area contributed by atoms with Crippen LogP contribution >= 0.6 is 11.8 Å². The van der Waals surface area contributed by atoms with E-state index >= 15 is 0 Å². The van der Waals surface area contributed by atoms with Crippen LogP contribution in [0.4, 0.5) is 0 Å². The van der Waals surface area contributed by atoms with Crippen molar-refractivity contribution in [1.29, 1.82) is 0 Å². The van der Waals surface area contributed by atoms with Crippen molar-refractivity contribution >= 4 is 22.7 Å². The van der Waals surface area contributed by atoms with E-state index < -0.39 is 0 Å². The highest BCUT2D eigenvalue weighted by Gasteiger charge is 2.09. The third kappa shape index (κ3) is 4.12. The van der Waals surface area contributed by atoms with Crippen LogP contribution in [0.1, 0.15) is 6.42 Å². The minimum Gasteiger partial charge on any atom is -0.309 e. The number of benzene rings is 2. The average Bonchev–Trinajstić information content (AvgIpc) is 2.58. The Morgan fingerprint density at radius 3 is 2.48 bits per heavy atom. The molecule has 1 heterocycles. The first kappa shape index (κ1) is 16.0. The van der Waals surface area contributed by atoms with Gasteiger partial charge in [0.1, 0.15) is 5.03 Å². The number of nitrogens with zero attached hydrogens (tertiary/aromatic N) is 2. The van der Waals surface area contributed by atoms with Crippen molar-refractivity contribution in [3.05, 3.63) is 60.7 Å². The minimum atomic E-state index is 1.07. The first-order valence-corrected chi connectivity index (χ1v) is 8.95. The molecule has 0 atom stereocenters. The van der Waals surface area contributed by atoms with Crippen molar-refractivity contribution in [3.63, 3.8) is 0 Å². The molecule has 3 rings (SSSR count). The van der Waals surface area contributed by atoms with E-state index in [4.69, 9.17) is 4.98 Å². The molecule has 3 heteroatoms. The summed E-state index contributed by atoms with van der Waals surface area (Å²) in [4.78, 5) is 7.15. The molecule has 0 aliphatic rings. The SMILES string of the molecule is CN(C)CCCSc1nc2ccccc2cc1-c1ccccc1. The van der Waals surface area contributed by atoms with Gasteiger partial charge < -0.3 is 4.90 Å². The number of hydrogen-bond acceptors (Lipinski definition) is 3. The quantitative estimate of drug-likeness (QED) is 0.472. The fraction of sp³-hybridized carbons (Fsp3) is 0.250. The first-order valence-electron chi connectivity index (χ1n) is 7.97. The van der Waals surface area contributed by atoms with Gasteiger partial charge in [0.15, 0.2) is 0 Å². The molecule has 118 valence electrons. The number of hydrogen-bond donors (Lipinski definition) is 0. The van der Waals surface area contributed by atoms with E-state index in [9.17, 15) is 0 Å². The molecule has 23 heavy (non-hydrogen) atoms. The number of rotatable bonds is 6. The molecule has 0 aliphatic heterocycles. The lowest BCUT2D eigenvalue weighted by atomic mass is 10.1. The summed E-state index contributed by atoms with van der Waals surface area (Å²) in [7, 11) is 4.24. The van der Waals surface area contributed by atoms with Crippen LogP contribution in [0.2, 0.25) is 0 Å². The van der Waals surface area contributed by atoms with Crippen LogP contribution in [0.25, 0.3) is 22.0 Å². The van der Waals surface area contributed by atoms with Crippen LogP contribution in [0.15, 0.2) is 65.7 Å². The van der Waals surface area contributed by atoms with E-state index in [0.717, 1.165) is 22.8 Å². The molecule has 3 aromatic rings. The van der Waals surface area contributed by atoms with Gasteiger partial charge in [0.05, 0.1) is 5.52 Å². The highest BCUT2D eigenvalue weighted by Crippen LogP contribution is 2.33. The number of thioether (sulfide) groups is 1. The van der Waals surface area contributed by atoms with Crippen molar-refractivity contribution in [2.24, 2.45) is 0 Å². The Hall–Kier alpha value is -1.84. The highest BCUT2D eigenvalue weighted by molar-refractivity contribution is 7.99. The van der Waals surface area contributed by atoms with Crippen molar-refractivity contribution < 1.29 is 0 Å². The smallest absolute Gasteiger partial charge is 0.105 e. The molecule has 2 nitrogen and oxygen atoms in total. The van der Waals surface area contributed by atoms with E-state index in [2.05, 4.69) is 79.7 Å². The predicted octanol–water partition coefficient (Wildman–Crippen LogP) is 4.95. The Balaban J connectivity index is 1.93. The first-order chi connectivity index (χ1) is 11.2. The molecule has 0 amide bonds. The summed E-state index contributed by atoms with van der Waals surface area (Å²) < 4.78 is 0. The second-order valence-electron chi connectivity index (χ2n) is 5.91. The second-order valence-corrected chi connectivity index (χ2v) is 6.99. The summed E-state index contributed by atoms with van der Waals surface area (Å²) in [5.41, 5.74) is 3.54. The Morgan fingerprint density at radius 1 is 0.957 bits per heavy atom. The van der Waals surface area contributed by atoms with Gasteiger partial charge in [-0.1, -0.05) is 48.5 Å². The van der Waals surface area contributed by atoms with Gasteiger partial charge in [-0.05, 0) is 44.8 Å². The lowest BCUT2D eigenvalue weighted by Gasteiger charge is -2.12. The van der Waals surface area contributed by atoms with E-state index in [-0.39, 0.29) is 0 Å². The molecule has 0 radical (unpaired) electrons. The average molecular weight is 322 g/mol. The van der Waals surface area contributed by atoms with Crippen LogP contribution in [0, 0.1) is 0 Å². The van der Waals surface area contributed by atoms with Crippen LogP contribution in [0.3, 0.4) is 0 Å². The number of pyridine rings is 1. The van der Waals surface area contributed by atoms with Gasteiger partial charge >= 0.3 is 0 Å². The lowest BCUT2D eigenvalue weighted by Crippen LogP contribution is -2.13. The van der Waals surface area contributed by atoms with Crippen LogP contribution in [-0.4, -0.2) is 36.3 Å². The van der Waals surface area contributed by atoms with Crippen molar-refractivity contribution in [1.82, 2.24) is 9.88 Å². The standard InChI is InChI=1S/C20H22N2S/c1-22(2)13-8-14-23-20-18(16-9-4-3-5-10-16)15-17-11-6-7-12-19(17)21-20/h3-7,9-12,15H,8,13-14H2,1-2H3. The van der Waals surface area contributed by atoms with Crippen LogP contribution in [0.5, 0.6) is 0 Å². The molecule has 2 aromatic carbocycles. The summed E-state index contributed by atoms with van der Waals surface area (Å²) in [5.74, 6) is 1.09. The molecule has 0 saturated carbocycles. The third-order valence-corrected chi connectivity index (χ3v) is 4.84. The fourth-order valence-corrected chi connectivity index (χ4v) is 3.54. The normalized spacial score (nSPS) is 11.3. The molecule has 0 saturated heterocycles. The zero-order chi connectivity index (χ0) is 16.1. The van der Waals surface area contributed by atoms with Crippen LogP contribution < -0.4 is 0 Å². The molecule has 0 spiro atoms. The van der Waals surface area contributed by atoms with Gasteiger partial charge in [0, 0.05) is 16.7 Å². The van der Waals surface area contributed by atoms with Gasteiger partial charge in [-0.2, -0.15) is 0 Å². The lowest BCUT2D eigenvalue weighted by molar-refractivity contribution is 0.410. The maximum absolute atomic E-state index is 4.92. The van der Waals surface area contributed by atoms with E-state index in [1.807, 2.05) is 11.8 Å². The number of aromatic nitrogens is 1. The van der Waals surface area contributed by atoms with Crippen molar-refractivity contribution in [3.8, 4) is 11.1 Å². The Labute approximate surface area is 142 Å². The van der Waals surface area contributed by atoms with E-state index in [1.54, 1.807) is 0 Å². The third-order valence-electron chi connectivity index (χ3n) is 3.76. The Bertz CT molecular complexity index is 769. The minimum absolute atomic E-state index is 1.07. The summed E-state index contributed by atoms with van der Waals surface area (Å²) in [6.45, 7) is 1.11. The highest BCUT2D eigenvalue weighted by atomic mass is 32.2. The van der Waals surface area contributed by atoms with Gasteiger partial charge in [0.25, 0.3) is 0 Å². The molecule has 0 bridgehead atoms. The molecular formula is C20H22N2S. The maximum Gasteiger partial charge on any atom is 0.105 e. The number of para-hydroxylation sites is 1. The predicted molar refractivity (Wildman–Crippen MR) is 101 cm³/mol. The van der Waals surface area contributed by atoms with Gasteiger partial charge in [-0.3, -0.25) is 0 Å². The zero-order valence-electron chi connectivity index (χ0n) is 13.7. The molecule has 1 aromatic heterocycles. The molecular weight excluding hydrogens is 300 g/mol.